The number of carbonyl (C=O) groups is 1. The van der Waals surface area contributed by atoms with Gasteiger partial charge >= 0.3 is 0 Å². The number of hydrogen-bond acceptors (Lipinski definition) is 3. The number of hydrogen-bond donors (Lipinski definition) is 3. The van der Waals surface area contributed by atoms with Crippen LogP contribution in [0.2, 0.25) is 0 Å². The molecule has 0 spiro atoms. The number of benzene rings is 2. The van der Waals surface area contributed by atoms with Crippen molar-refractivity contribution in [3.8, 4) is 5.75 Å². The quantitative estimate of drug-likeness (QED) is 0.771. The van der Waals surface area contributed by atoms with Crippen LogP contribution >= 0.6 is 0 Å². The van der Waals surface area contributed by atoms with Crippen LogP contribution in [-0.4, -0.2) is 43.2 Å². The third kappa shape index (κ3) is 3.94. The lowest BCUT2D eigenvalue weighted by atomic mass is 10.2. The largest absolute Gasteiger partial charge is 0.506 e. The first-order valence-electron chi connectivity index (χ1n) is 8.59. The summed E-state index contributed by atoms with van der Waals surface area (Å²) < 4.78 is 26.2. The van der Waals surface area contributed by atoms with Crippen molar-refractivity contribution in [2.24, 2.45) is 0 Å². The number of nitrogens with one attached hydrogen (secondary N) is 2. The van der Waals surface area contributed by atoms with E-state index in [9.17, 15) is 18.7 Å². The molecule has 26 heavy (non-hydrogen) atoms. The monoisotopic (exact) mass is 362 g/mol. The summed E-state index contributed by atoms with van der Waals surface area (Å²) in [7, 11) is 0. The van der Waals surface area contributed by atoms with Crippen molar-refractivity contribution in [2.45, 2.75) is 13.0 Å². The lowest BCUT2D eigenvalue weighted by Crippen LogP contribution is -3.19. The number of phenols is 1. The number of aromatic hydroxyl groups is 1. The molecule has 3 N–H and O–H groups in total. The van der Waals surface area contributed by atoms with E-state index < -0.39 is 11.6 Å². The second-order valence-electron chi connectivity index (χ2n) is 6.47. The third-order valence-electron chi connectivity index (χ3n) is 4.82. The van der Waals surface area contributed by atoms with Gasteiger partial charge in [-0.05, 0) is 31.2 Å². The SMILES string of the molecule is C[C@H](C(=O)Nc1ccc(F)c(F)c1)[NH+]1CCN(c2ccccc2O)CC1. The molecule has 0 aliphatic carbocycles. The molecule has 1 fully saturated rings. The number of halogens is 2. The minimum Gasteiger partial charge on any atom is -0.506 e. The predicted octanol–water partition coefficient (Wildman–Crippen LogP) is 1.40. The molecule has 0 saturated carbocycles. The van der Waals surface area contributed by atoms with Crippen LogP contribution in [0.3, 0.4) is 0 Å². The fraction of sp³-hybridized carbons (Fsp3) is 0.316. The van der Waals surface area contributed by atoms with E-state index in [1.54, 1.807) is 12.1 Å². The van der Waals surface area contributed by atoms with E-state index in [2.05, 4.69) is 10.2 Å². The Morgan fingerprint density at radius 1 is 1.15 bits per heavy atom. The average Bonchev–Trinajstić information content (AvgIpc) is 2.65. The summed E-state index contributed by atoms with van der Waals surface area (Å²) in [5, 5.41) is 12.6. The van der Waals surface area contributed by atoms with Crippen molar-refractivity contribution in [1.82, 2.24) is 0 Å². The van der Waals surface area contributed by atoms with Crippen molar-refractivity contribution >= 4 is 17.3 Å². The first kappa shape index (κ1) is 18.1. The maximum atomic E-state index is 13.3. The summed E-state index contributed by atoms with van der Waals surface area (Å²) in [5.41, 5.74) is 1.04. The van der Waals surface area contributed by atoms with Gasteiger partial charge in [-0.3, -0.25) is 4.79 Å². The number of para-hydroxylation sites is 2. The number of anilines is 2. The highest BCUT2D eigenvalue weighted by molar-refractivity contribution is 5.93. The molecule has 3 rings (SSSR count). The van der Waals surface area contributed by atoms with E-state index >= 15 is 0 Å². The number of piperazine rings is 1. The highest BCUT2D eigenvalue weighted by atomic mass is 19.2. The van der Waals surface area contributed by atoms with Gasteiger partial charge in [0.05, 0.1) is 31.9 Å². The topological polar surface area (TPSA) is 57.0 Å². The van der Waals surface area contributed by atoms with Gasteiger partial charge in [0.2, 0.25) is 0 Å². The predicted molar refractivity (Wildman–Crippen MR) is 95.5 cm³/mol. The molecule has 2 aromatic carbocycles. The molecule has 1 atom stereocenters. The third-order valence-corrected chi connectivity index (χ3v) is 4.82. The van der Waals surface area contributed by atoms with Crippen LogP contribution in [0, 0.1) is 11.6 Å². The van der Waals surface area contributed by atoms with E-state index in [1.165, 1.54) is 6.07 Å². The Bertz CT molecular complexity index is 792. The van der Waals surface area contributed by atoms with Gasteiger partial charge in [-0.25, -0.2) is 8.78 Å². The number of phenolic OH excluding ortho intramolecular Hbond substituents is 1. The Morgan fingerprint density at radius 2 is 1.85 bits per heavy atom. The average molecular weight is 362 g/mol. The zero-order valence-corrected chi connectivity index (χ0v) is 14.5. The molecule has 0 radical (unpaired) electrons. The standard InChI is InChI=1S/C19H21F2N3O2/c1-13(19(26)22-14-6-7-15(20)16(21)12-14)23-8-10-24(11-9-23)17-4-2-3-5-18(17)25/h2-7,12-13,25H,8-11H2,1H3,(H,22,26)/p+1/t13-/m1/s1. The first-order chi connectivity index (χ1) is 12.5. The number of rotatable bonds is 4. The van der Waals surface area contributed by atoms with Crippen LogP contribution in [0.25, 0.3) is 0 Å². The van der Waals surface area contributed by atoms with E-state index in [0.717, 1.165) is 48.9 Å². The van der Waals surface area contributed by atoms with Crippen molar-refractivity contribution in [1.29, 1.82) is 0 Å². The molecule has 1 heterocycles. The minimum absolute atomic E-state index is 0.234. The lowest BCUT2D eigenvalue weighted by Gasteiger charge is -2.36. The minimum atomic E-state index is -0.987. The van der Waals surface area contributed by atoms with E-state index in [1.807, 2.05) is 19.1 Å². The molecule has 7 heteroatoms. The summed E-state index contributed by atoms with van der Waals surface area (Å²) >= 11 is 0. The van der Waals surface area contributed by atoms with Gasteiger partial charge < -0.3 is 20.2 Å². The summed E-state index contributed by atoms with van der Waals surface area (Å²) in [5.74, 6) is -1.91. The van der Waals surface area contributed by atoms with Crippen molar-refractivity contribution in [3.05, 3.63) is 54.1 Å². The van der Waals surface area contributed by atoms with Crippen molar-refractivity contribution in [3.63, 3.8) is 0 Å². The Balaban J connectivity index is 1.57. The molecule has 1 aliphatic heterocycles. The van der Waals surface area contributed by atoms with Crippen LogP contribution < -0.4 is 15.1 Å². The molecule has 0 aromatic heterocycles. The maximum Gasteiger partial charge on any atom is 0.282 e. The van der Waals surface area contributed by atoms with Crippen molar-refractivity contribution < 1.29 is 23.6 Å². The van der Waals surface area contributed by atoms with Crippen LogP contribution in [0.5, 0.6) is 5.75 Å². The molecular weight excluding hydrogens is 340 g/mol. The zero-order chi connectivity index (χ0) is 18.7. The molecule has 2 aromatic rings. The van der Waals surface area contributed by atoms with Crippen LogP contribution in [-0.2, 0) is 4.79 Å². The lowest BCUT2D eigenvalue weighted by molar-refractivity contribution is -0.914. The summed E-state index contributed by atoms with van der Waals surface area (Å²) in [4.78, 5) is 15.6. The number of amides is 1. The number of carbonyl (C=O) groups excluding carboxylic acids is 1. The molecule has 5 nitrogen and oxygen atoms in total. The van der Waals surface area contributed by atoms with E-state index in [0.29, 0.717) is 0 Å². The summed E-state index contributed by atoms with van der Waals surface area (Å²) in [6.45, 7) is 4.73. The first-order valence-corrected chi connectivity index (χ1v) is 8.59. The zero-order valence-electron chi connectivity index (χ0n) is 14.5. The fourth-order valence-electron chi connectivity index (χ4n) is 3.21. The normalized spacial score (nSPS) is 16.3. The van der Waals surface area contributed by atoms with Crippen LogP contribution in [0.1, 0.15) is 6.92 Å². The van der Waals surface area contributed by atoms with Crippen LogP contribution in [0.4, 0.5) is 20.2 Å². The van der Waals surface area contributed by atoms with E-state index in [4.69, 9.17) is 0 Å². The second kappa shape index (κ2) is 7.70. The van der Waals surface area contributed by atoms with Gasteiger partial charge in [-0.1, -0.05) is 12.1 Å². The fourth-order valence-corrected chi connectivity index (χ4v) is 3.21. The van der Waals surface area contributed by atoms with Gasteiger partial charge in [-0.2, -0.15) is 0 Å². The highest BCUT2D eigenvalue weighted by Crippen LogP contribution is 2.26. The molecular formula is C19H22F2N3O2+. The summed E-state index contributed by atoms with van der Waals surface area (Å²) in [6, 6.07) is 10.2. The van der Waals surface area contributed by atoms with Gasteiger partial charge in [0.15, 0.2) is 17.7 Å². The number of quaternary nitrogens is 1. The smallest absolute Gasteiger partial charge is 0.282 e. The Labute approximate surface area is 150 Å². The van der Waals surface area contributed by atoms with E-state index in [-0.39, 0.29) is 23.4 Å². The van der Waals surface area contributed by atoms with Gasteiger partial charge in [0, 0.05) is 11.8 Å². The highest BCUT2D eigenvalue weighted by Gasteiger charge is 2.30. The summed E-state index contributed by atoms with van der Waals surface area (Å²) in [6.07, 6.45) is 0. The number of nitrogens with zero attached hydrogens (tertiary/aromatic N) is 1. The maximum absolute atomic E-state index is 13.3. The van der Waals surface area contributed by atoms with Gasteiger partial charge in [0.25, 0.3) is 5.91 Å². The Morgan fingerprint density at radius 3 is 2.50 bits per heavy atom. The Hall–Kier alpha value is -2.67. The molecule has 0 bridgehead atoms. The van der Waals surface area contributed by atoms with Crippen molar-refractivity contribution in [2.75, 3.05) is 36.4 Å². The molecule has 0 unspecified atom stereocenters. The van der Waals surface area contributed by atoms with Gasteiger partial charge in [-0.15, -0.1) is 0 Å². The van der Waals surface area contributed by atoms with Crippen LogP contribution in [0.15, 0.2) is 42.5 Å². The second-order valence-corrected chi connectivity index (χ2v) is 6.47. The molecule has 1 saturated heterocycles. The molecule has 1 aliphatic rings. The van der Waals surface area contributed by atoms with Gasteiger partial charge in [0.1, 0.15) is 5.75 Å². The molecule has 138 valence electrons. The Kier molecular flexibility index (Phi) is 5.37. The molecule has 1 amide bonds.